The van der Waals surface area contributed by atoms with Gasteiger partial charge in [-0.05, 0) is 31.4 Å². The lowest BCUT2D eigenvalue weighted by Crippen LogP contribution is -2.43. The van der Waals surface area contributed by atoms with Gasteiger partial charge in [-0.1, -0.05) is 6.42 Å². The number of rotatable bonds is 7. The highest BCUT2D eigenvalue weighted by molar-refractivity contribution is 5.97. The topological polar surface area (TPSA) is 40.5 Å². The van der Waals surface area contributed by atoms with Crippen molar-refractivity contribution in [3.63, 3.8) is 0 Å². The minimum absolute atomic E-state index is 0.0697. The lowest BCUT2D eigenvalue weighted by Gasteiger charge is -2.37. The molecule has 0 aliphatic heterocycles. The van der Waals surface area contributed by atoms with Crippen LogP contribution in [0.4, 0.5) is 8.78 Å². The normalized spacial score (nSPS) is 15.4. The number of carbonyl (C=O) groups is 1. The van der Waals surface area contributed by atoms with Crippen molar-refractivity contribution in [2.45, 2.75) is 31.7 Å². The summed E-state index contributed by atoms with van der Waals surface area (Å²) in [6, 6.07) is 3.36. The fraction of sp³-hybridized carbons (Fsp3) is 0.533. The van der Waals surface area contributed by atoms with E-state index in [1.54, 1.807) is 0 Å². The van der Waals surface area contributed by atoms with E-state index in [0.717, 1.165) is 31.4 Å². The van der Waals surface area contributed by atoms with Crippen LogP contribution < -0.4 is 0 Å². The maximum atomic E-state index is 13.6. The lowest BCUT2D eigenvalue weighted by atomic mass is 9.91. The van der Waals surface area contributed by atoms with E-state index in [9.17, 15) is 13.6 Å². The monoisotopic (exact) mass is 283 g/mol. The van der Waals surface area contributed by atoms with Crippen molar-refractivity contribution in [2.24, 2.45) is 0 Å². The quantitative estimate of drug-likeness (QED) is 0.781. The van der Waals surface area contributed by atoms with E-state index in [4.69, 9.17) is 5.11 Å². The van der Waals surface area contributed by atoms with Crippen molar-refractivity contribution in [2.75, 3.05) is 19.7 Å². The van der Waals surface area contributed by atoms with E-state index in [1.807, 2.05) is 4.90 Å². The summed E-state index contributed by atoms with van der Waals surface area (Å²) < 4.78 is 26.4. The lowest BCUT2D eigenvalue weighted by molar-refractivity contribution is 0.0784. The summed E-state index contributed by atoms with van der Waals surface area (Å²) in [5, 5.41) is 8.90. The molecule has 0 unspecified atom stereocenters. The van der Waals surface area contributed by atoms with Crippen molar-refractivity contribution in [3.05, 3.63) is 35.4 Å². The van der Waals surface area contributed by atoms with Crippen LogP contribution in [0.15, 0.2) is 18.2 Å². The Morgan fingerprint density at radius 1 is 1.35 bits per heavy atom. The Balaban J connectivity index is 2.03. The second kappa shape index (κ2) is 6.90. The summed E-state index contributed by atoms with van der Waals surface area (Å²) in [7, 11) is 0. The van der Waals surface area contributed by atoms with Crippen LogP contribution in [0.2, 0.25) is 0 Å². The maximum Gasteiger partial charge on any atom is 0.179 e. The van der Waals surface area contributed by atoms with Gasteiger partial charge in [-0.2, -0.15) is 0 Å². The average molecular weight is 283 g/mol. The van der Waals surface area contributed by atoms with E-state index < -0.39 is 11.6 Å². The molecule has 0 atom stereocenters. The zero-order chi connectivity index (χ0) is 14.5. The number of nitrogens with zero attached hydrogens (tertiary/aromatic N) is 1. The fourth-order valence-electron chi connectivity index (χ4n) is 2.40. The highest BCUT2D eigenvalue weighted by atomic mass is 19.1. The van der Waals surface area contributed by atoms with Crippen LogP contribution in [-0.2, 0) is 0 Å². The number of hydrogen-bond acceptors (Lipinski definition) is 3. The summed E-state index contributed by atoms with van der Waals surface area (Å²) in [6.45, 7) is 0.811. The van der Waals surface area contributed by atoms with Gasteiger partial charge in [-0.25, -0.2) is 8.78 Å². The molecule has 0 radical (unpaired) electrons. The SMILES string of the molecule is O=C(CN(CCCO)C1CCC1)c1ccc(F)cc1F. The van der Waals surface area contributed by atoms with Crippen LogP contribution in [0.1, 0.15) is 36.0 Å². The first kappa shape index (κ1) is 15.1. The van der Waals surface area contributed by atoms with Crippen LogP contribution in [0, 0.1) is 11.6 Å². The largest absolute Gasteiger partial charge is 0.396 e. The minimum Gasteiger partial charge on any atom is -0.396 e. The molecule has 2 rings (SSSR count). The molecule has 0 aromatic heterocycles. The predicted octanol–water partition coefficient (Wildman–Crippen LogP) is 2.38. The van der Waals surface area contributed by atoms with Gasteiger partial charge in [0, 0.05) is 25.3 Å². The summed E-state index contributed by atoms with van der Waals surface area (Å²) >= 11 is 0. The van der Waals surface area contributed by atoms with Crippen LogP contribution in [0.5, 0.6) is 0 Å². The Morgan fingerprint density at radius 3 is 2.65 bits per heavy atom. The zero-order valence-electron chi connectivity index (χ0n) is 11.3. The molecular formula is C15H19F2NO2. The van der Waals surface area contributed by atoms with Gasteiger partial charge < -0.3 is 5.11 Å². The minimum atomic E-state index is -0.814. The summed E-state index contributed by atoms with van der Waals surface area (Å²) in [6.07, 6.45) is 3.80. The second-order valence-corrected chi connectivity index (χ2v) is 5.18. The standard InChI is InChI=1S/C15H19F2NO2/c16-11-5-6-13(14(17)9-11)15(20)10-18(7-2-8-19)12-3-1-4-12/h5-6,9,12,19H,1-4,7-8,10H2. The molecule has 1 fully saturated rings. The molecule has 1 aromatic carbocycles. The third kappa shape index (κ3) is 3.61. The maximum absolute atomic E-state index is 13.6. The van der Waals surface area contributed by atoms with Gasteiger partial charge in [0.05, 0.1) is 12.1 Å². The number of Topliss-reactive ketones (excluding diaryl/α,β-unsaturated/α-hetero) is 1. The average Bonchev–Trinajstić information content (AvgIpc) is 2.33. The first-order chi connectivity index (χ1) is 9.61. The molecule has 1 aliphatic rings. The van der Waals surface area contributed by atoms with Gasteiger partial charge in [0.25, 0.3) is 0 Å². The molecule has 0 saturated heterocycles. The molecule has 110 valence electrons. The van der Waals surface area contributed by atoms with Gasteiger partial charge in [-0.3, -0.25) is 9.69 Å². The number of aliphatic hydroxyl groups is 1. The van der Waals surface area contributed by atoms with Crippen molar-refractivity contribution < 1.29 is 18.7 Å². The Kier molecular flexibility index (Phi) is 5.20. The Labute approximate surface area is 117 Å². The first-order valence-corrected chi connectivity index (χ1v) is 6.95. The summed E-state index contributed by atoms with van der Waals surface area (Å²) in [5.41, 5.74) is -0.0697. The Bertz CT molecular complexity index is 475. The molecule has 20 heavy (non-hydrogen) atoms. The molecule has 0 spiro atoms. The molecule has 1 aromatic rings. The van der Waals surface area contributed by atoms with E-state index >= 15 is 0 Å². The van der Waals surface area contributed by atoms with E-state index in [2.05, 4.69) is 0 Å². The molecule has 0 bridgehead atoms. The Hall–Kier alpha value is -1.33. The van der Waals surface area contributed by atoms with E-state index in [-0.39, 0.29) is 24.5 Å². The molecule has 1 N–H and O–H groups in total. The van der Waals surface area contributed by atoms with Crippen LogP contribution >= 0.6 is 0 Å². The van der Waals surface area contributed by atoms with E-state index in [0.29, 0.717) is 19.0 Å². The highest BCUT2D eigenvalue weighted by Gasteiger charge is 2.27. The smallest absolute Gasteiger partial charge is 0.179 e. The summed E-state index contributed by atoms with van der Waals surface area (Å²) in [4.78, 5) is 14.1. The van der Waals surface area contributed by atoms with Crippen molar-refractivity contribution in [1.82, 2.24) is 4.90 Å². The van der Waals surface area contributed by atoms with Crippen LogP contribution in [-0.4, -0.2) is 41.5 Å². The number of carbonyl (C=O) groups excluding carboxylic acids is 1. The van der Waals surface area contributed by atoms with Gasteiger partial charge >= 0.3 is 0 Å². The Morgan fingerprint density at radius 2 is 2.10 bits per heavy atom. The van der Waals surface area contributed by atoms with Crippen LogP contribution in [0.3, 0.4) is 0 Å². The molecule has 5 heteroatoms. The van der Waals surface area contributed by atoms with Gasteiger partial charge in [0.2, 0.25) is 0 Å². The van der Waals surface area contributed by atoms with Crippen LogP contribution in [0.25, 0.3) is 0 Å². The van der Waals surface area contributed by atoms with Crippen molar-refractivity contribution in [1.29, 1.82) is 0 Å². The molecule has 3 nitrogen and oxygen atoms in total. The third-order valence-electron chi connectivity index (χ3n) is 3.77. The second-order valence-electron chi connectivity index (χ2n) is 5.18. The fourth-order valence-corrected chi connectivity index (χ4v) is 2.40. The van der Waals surface area contributed by atoms with Crippen molar-refractivity contribution >= 4 is 5.78 Å². The molecule has 1 saturated carbocycles. The highest BCUT2D eigenvalue weighted by Crippen LogP contribution is 2.25. The number of halogens is 2. The van der Waals surface area contributed by atoms with Crippen molar-refractivity contribution in [3.8, 4) is 0 Å². The molecular weight excluding hydrogens is 264 g/mol. The number of hydrogen-bond donors (Lipinski definition) is 1. The molecule has 0 heterocycles. The predicted molar refractivity (Wildman–Crippen MR) is 71.6 cm³/mol. The van der Waals surface area contributed by atoms with Gasteiger partial charge in [-0.15, -0.1) is 0 Å². The number of ketones is 1. The van der Waals surface area contributed by atoms with E-state index in [1.165, 1.54) is 6.07 Å². The third-order valence-corrected chi connectivity index (χ3v) is 3.77. The molecule has 1 aliphatic carbocycles. The number of aliphatic hydroxyl groups excluding tert-OH is 1. The van der Waals surface area contributed by atoms with Gasteiger partial charge in [0.1, 0.15) is 11.6 Å². The van der Waals surface area contributed by atoms with Gasteiger partial charge in [0.15, 0.2) is 5.78 Å². The number of benzene rings is 1. The zero-order valence-corrected chi connectivity index (χ0v) is 11.3. The molecule has 0 amide bonds. The summed E-state index contributed by atoms with van der Waals surface area (Å²) in [5.74, 6) is -1.84. The first-order valence-electron chi connectivity index (χ1n) is 6.95.